The first-order valence-electron chi connectivity index (χ1n) is 6.70. The molecule has 116 valence electrons. The Kier molecular flexibility index (Phi) is 4.58. The van der Waals surface area contributed by atoms with Crippen LogP contribution in [0.5, 0.6) is 0 Å². The Hall–Kier alpha value is -1.14. The summed E-state index contributed by atoms with van der Waals surface area (Å²) in [5.74, 6) is -0.813. The Morgan fingerprint density at radius 2 is 2.05 bits per heavy atom. The van der Waals surface area contributed by atoms with Gasteiger partial charge in [-0.25, -0.2) is 12.8 Å². The number of nitrogens with zero attached hydrogens (tertiary/aromatic N) is 1. The fourth-order valence-electron chi connectivity index (χ4n) is 2.43. The minimum absolute atomic E-state index is 0.181. The Morgan fingerprint density at radius 3 is 2.52 bits per heavy atom. The molecule has 1 fully saturated rings. The van der Waals surface area contributed by atoms with Gasteiger partial charge in [-0.3, -0.25) is 4.79 Å². The van der Waals surface area contributed by atoms with Crippen LogP contribution in [0.15, 0.2) is 17.0 Å². The molecule has 0 bridgehead atoms. The van der Waals surface area contributed by atoms with Crippen molar-refractivity contribution in [3.05, 3.63) is 29.1 Å². The molecule has 0 heterocycles. The lowest BCUT2D eigenvalue weighted by atomic mass is 9.85. The first-order valence-corrected chi connectivity index (χ1v) is 9.01. The van der Waals surface area contributed by atoms with Crippen molar-refractivity contribution in [1.82, 2.24) is 4.90 Å². The van der Waals surface area contributed by atoms with Gasteiger partial charge in [-0.15, -0.1) is 0 Å². The molecular weight excluding hydrogens is 317 g/mol. The summed E-state index contributed by atoms with van der Waals surface area (Å²) < 4.78 is 36.9. The number of carbonyl (C=O) groups is 1. The van der Waals surface area contributed by atoms with Crippen molar-refractivity contribution in [3.63, 3.8) is 0 Å². The van der Waals surface area contributed by atoms with E-state index in [2.05, 4.69) is 0 Å². The number of carbonyl (C=O) groups excluding carboxylic acids is 1. The molecule has 21 heavy (non-hydrogen) atoms. The molecule has 2 rings (SSSR count). The average molecular weight is 334 g/mol. The molecule has 1 aliphatic carbocycles. The standard InChI is InChI=1S/C14H17ClFNO3S/c1-9-6-12(16)11(7-13(9)21(15,19)20)14(18)17(2)8-10-4-3-5-10/h6-7,10H,3-5,8H2,1-2H3. The van der Waals surface area contributed by atoms with E-state index in [1.807, 2.05) is 0 Å². The van der Waals surface area contributed by atoms with Gasteiger partial charge in [-0.2, -0.15) is 0 Å². The van der Waals surface area contributed by atoms with E-state index in [0.29, 0.717) is 12.5 Å². The zero-order valence-electron chi connectivity index (χ0n) is 11.9. The number of hydrogen-bond donors (Lipinski definition) is 0. The Morgan fingerprint density at radius 1 is 1.43 bits per heavy atom. The van der Waals surface area contributed by atoms with E-state index in [4.69, 9.17) is 10.7 Å². The zero-order chi connectivity index (χ0) is 15.8. The molecule has 1 amide bonds. The van der Waals surface area contributed by atoms with Crippen LogP contribution in [-0.4, -0.2) is 32.8 Å². The molecule has 0 spiro atoms. The highest BCUT2D eigenvalue weighted by atomic mass is 35.7. The van der Waals surface area contributed by atoms with E-state index in [0.717, 1.165) is 31.4 Å². The highest BCUT2D eigenvalue weighted by Gasteiger charge is 2.25. The summed E-state index contributed by atoms with van der Waals surface area (Å²) in [7, 11) is 2.89. The summed E-state index contributed by atoms with van der Waals surface area (Å²) in [4.78, 5) is 13.5. The van der Waals surface area contributed by atoms with E-state index in [1.54, 1.807) is 7.05 Å². The van der Waals surface area contributed by atoms with Crippen molar-refractivity contribution >= 4 is 25.6 Å². The van der Waals surface area contributed by atoms with Crippen LogP contribution in [0.4, 0.5) is 4.39 Å². The first-order chi connectivity index (χ1) is 9.70. The molecule has 7 heteroatoms. The molecule has 1 aliphatic rings. The molecule has 0 saturated heterocycles. The number of amides is 1. The molecule has 1 aromatic carbocycles. The normalized spacial score (nSPS) is 15.6. The predicted molar refractivity (Wildman–Crippen MR) is 78.5 cm³/mol. The largest absolute Gasteiger partial charge is 0.341 e. The third-order valence-electron chi connectivity index (χ3n) is 3.86. The van der Waals surface area contributed by atoms with Gasteiger partial charge in [0.05, 0.1) is 10.5 Å². The molecule has 0 aliphatic heterocycles. The fraction of sp³-hybridized carbons (Fsp3) is 0.500. The zero-order valence-corrected chi connectivity index (χ0v) is 13.5. The second kappa shape index (κ2) is 5.93. The molecule has 1 saturated carbocycles. The van der Waals surface area contributed by atoms with E-state index in [-0.39, 0.29) is 16.0 Å². The summed E-state index contributed by atoms with van der Waals surface area (Å²) in [5, 5.41) is 0. The van der Waals surface area contributed by atoms with Gasteiger partial charge in [-0.1, -0.05) is 6.42 Å². The molecular formula is C14H17ClFNO3S. The second-order valence-electron chi connectivity index (χ2n) is 5.52. The Bertz CT molecular complexity index is 671. The number of rotatable bonds is 4. The van der Waals surface area contributed by atoms with Gasteiger partial charge in [0.15, 0.2) is 0 Å². The van der Waals surface area contributed by atoms with Gasteiger partial charge in [-0.05, 0) is 43.4 Å². The Balaban J connectivity index is 2.31. The fourth-order valence-corrected chi connectivity index (χ4v) is 3.63. The van der Waals surface area contributed by atoms with Crippen LogP contribution in [0, 0.1) is 18.7 Å². The lowest BCUT2D eigenvalue weighted by Gasteiger charge is -2.30. The van der Waals surface area contributed by atoms with Crippen molar-refractivity contribution in [2.45, 2.75) is 31.1 Å². The van der Waals surface area contributed by atoms with Crippen LogP contribution in [0.1, 0.15) is 35.2 Å². The highest BCUT2D eigenvalue weighted by molar-refractivity contribution is 8.13. The van der Waals surface area contributed by atoms with Gasteiger partial charge in [0.25, 0.3) is 15.0 Å². The molecule has 0 atom stereocenters. The number of hydrogen-bond acceptors (Lipinski definition) is 3. The van der Waals surface area contributed by atoms with Crippen molar-refractivity contribution in [2.24, 2.45) is 5.92 Å². The topological polar surface area (TPSA) is 54.5 Å². The minimum Gasteiger partial charge on any atom is -0.341 e. The lowest BCUT2D eigenvalue weighted by Crippen LogP contribution is -2.34. The van der Waals surface area contributed by atoms with Gasteiger partial charge in [0, 0.05) is 24.3 Å². The second-order valence-corrected chi connectivity index (χ2v) is 8.05. The van der Waals surface area contributed by atoms with Crippen LogP contribution < -0.4 is 0 Å². The molecule has 4 nitrogen and oxygen atoms in total. The molecule has 0 aromatic heterocycles. The highest BCUT2D eigenvalue weighted by Crippen LogP contribution is 2.28. The monoisotopic (exact) mass is 333 g/mol. The van der Waals surface area contributed by atoms with Crippen molar-refractivity contribution in [1.29, 1.82) is 0 Å². The lowest BCUT2D eigenvalue weighted by molar-refractivity contribution is 0.0740. The number of benzene rings is 1. The summed E-state index contributed by atoms with van der Waals surface area (Å²) in [5.41, 5.74) is -0.0812. The van der Waals surface area contributed by atoms with E-state index in [1.165, 1.54) is 11.8 Å². The maximum Gasteiger partial charge on any atom is 0.261 e. The summed E-state index contributed by atoms with van der Waals surface area (Å²) in [6.45, 7) is 1.99. The van der Waals surface area contributed by atoms with Gasteiger partial charge in [0.2, 0.25) is 0 Å². The van der Waals surface area contributed by atoms with Crippen LogP contribution in [-0.2, 0) is 9.05 Å². The Labute approximate surface area is 128 Å². The van der Waals surface area contributed by atoms with E-state index in [9.17, 15) is 17.6 Å². The number of aryl methyl sites for hydroxylation is 1. The maximum atomic E-state index is 14.0. The smallest absolute Gasteiger partial charge is 0.261 e. The van der Waals surface area contributed by atoms with Crippen LogP contribution >= 0.6 is 10.7 Å². The van der Waals surface area contributed by atoms with E-state index < -0.39 is 20.8 Å². The van der Waals surface area contributed by atoms with Crippen LogP contribution in [0.3, 0.4) is 0 Å². The number of halogens is 2. The third kappa shape index (κ3) is 3.55. The quantitative estimate of drug-likeness (QED) is 0.796. The van der Waals surface area contributed by atoms with Crippen LogP contribution in [0.2, 0.25) is 0 Å². The average Bonchev–Trinajstić information content (AvgIpc) is 2.31. The van der Waals surface area contributed by atoms with E-state index >= 15 is 0 Å². The van der Waals surface area contributed by atoms with Gasteiger partial charge >= 0.3 is 0 Å². The molecule has 0 N–H and O–H groups in total. The molecule has 1 aromatic rings. The summed E-state index contributed by atoms with van der Waals surface area (Å²) in [6, 6.07) is 2.05. The summed E-state index contributed by atoms with van der Waals surface area (Å²) >= 11 is 0. The first kappa shape index (κ1) is 16.2. The minimum atomic E-state index is -4.01. The maximum absolute atomic E-state index is 14.0. The molecule has 0 unspecified atom stereocenters. The van der Waals surface area contributed by atoms with Crippen LogP contribution in [0.25, 0.3) is 0 Å². The van der Waals surface area contributed by atoms with Crippen molar-refractivity contribution < 1.29 is 17.6 Å². The predicted octanol–water partition coefficient (Wildman–Crippen LogP) is 2.93. The van der Waals surface area contributed by atoms with Crippen molar-refractivity contribution in [3.8, 4) is 0 Å². The van der Waals surface area contributed by atoms with Gasteiger partial charge < -0.3 is 4.90 Å². The third-order valence-corrected chi connectivity index (χ3v) is 5.33. The van der Waals surface area contributed by atoms with Gasteiger partial charge in [0.1, 0.15) is 5.82 Å². The van der Waals surface area contributed by atoms with Crippen molar-refractivity contribution in [2.75, 3.05) is 13.6 Å². The molecule has 0 radical (unpaired) electrons. The summed E-state index contributed by atoms with van der Waals surface area (Å²) in [6.07, 6.45) is 3.28. The SMILES string of the molecule is Cc1cc(F)c(C(=O)N(C)CC2CCC2)cc1S(=O)(=O)Cl.